The fraction of sp³-hybridized carbons (Fsp3) is 0.448. The number of ketones is 1. The van der Waals surface area contributed by atoms with Crippen LogP contribution in [0.4, 0.5) is 0 Å². The first-order valence-electron chi connectivity index (χ1n) is 12.9. The molecule has 1 fully saturated rings. The van der Waals surface area contributed by atoms with E-state index in [0.29, 0.717) is 61.8 Å². The second-order valence-electron chi connectivity index (χ2n) is 9.28. The minimum atomic E-state index is -0.778. The van der Waals surface area contributed by atoms with Gasteiger partial charge in [-0.1, -0.05) is 13.0 Å². The maximum atomic E-state index is 13.3. The van der Waals surface area contributed by atoms with Crippen molar-refractivity contribution < 1.29 is 33.6 Å². The molecule has 4 rings (SSSR count). The number of hydrogen-bond donors (Lipinski definition) is 1. The lowest BCUT2D eigenvalue weighted by Crippen LogP contribution is -2.31. The number of amides is 1. The Morgan fingerprint density at radius 2 is 1.89 bits per heavy atom. The Hall–Kier alpha value is -3.52. The number of aliphatic hydroxyl groups excluding tert-OH is 1. The third-order valence-electron chi connectivity index (χ3n) is 6.50. The van der Waals surface area contributed by atoms with Crippen molar-refractivity contribution in [2.24, 2.45) is 0 Å². The van der Waals surface area contributed by atoms with Gasteiger partial charge in [0.15, 0.2) is 11.5 Å². The number of benzene rings is 2. The molecule has 0 aliphatic carbocycles. The number of likely N-dealkylation sites (tertiary alicyclic amines) is 1. The molecule has 37 heavy (non-hydrogen) atoms. The van der Waals surface area contributed by atoms with Crippen molar-refractivity contribution in [2.45, 2.75) is 52.2 Å². The molecule has 0 radical (unpaired) electrons. The lowest BCUT2D eigenvalue weighted by Gasteiger charge is -2.26. The van der Waals surface area contributed by atoms with Gasteiger partial charge in [-0.25, -0.2) is 0 Å². The van der Waals surface area contributed by atoms with Crippen LogP contribution in [0.3, 0.4) is 0 Å². The standard InChI is InChI=1S/C29H35NO7/c1-5-13-36-23-11-8-19(17-24(23)35-6-2)26-25(28(32)29(33)30(26)12-7-14-34-4)27(31)20-9-10-22-21(16-20)15-18(3)37-22/h8-11,16-18,26,31H,5-7,12-15H2,1-4H3/b27-25-. The van der Waals surface area contributed by atoms with Gasteiger partial charge in [0.2, 0.25) is 0 Å². The highest BCUT2D eigenvalue weighted by Gasteiger charge is 2.46. The van der Waals surface area contributed by atoms with Crippen molar-refractivity contribution in [1.29, 1.82) is 0 Å². The van der Waals surface area contributed by atoms with Gasteiger partial charge >= 0.3 is 0 Å². The highest BCUT2D eigenvalue weighted by molar-refractivity contribution is 6.46. The number of methoxy groups -OCH3 is 1. The molecule has 1 saturated heterocycles. The molecule has 2 aromatic rings. The molecule has 2 aliphatic rings. The zero-order chi connectivity index (χ0) is 26.5. The number of hydrogen-bond acceptors (Lipinski definition) is 7. The summed E-state index contributed by atoms with van der Waals surface area (Å²) < 4.78 is 22.6. The molecule has 1 amide bonds. The molecule has 0 spiro atoms. The minimum absolute atomic E-state index is 0.0455. The summed E-state index contributed by atoms with van der Waals surface area (Å²) >= 11 is 0. The summed E-state index contributed by atoms with van der Waals surface area (Å²) in [6.07, 6.45) is 2.15. The smallest absolute Gasteiger partial charge is 0.295 e. The van der Waals surface area contributed by atoms with Crippen molar-refractivity contribution in [3.05, 3.63) is 58.7 Å². The van der Waals surface area contributed by atoms with Crippen LogP contribution in [0.25, 0.3) is 5.76 Å². The Kier molecular flexibility index (Phi) is 8.38. The van der Waals surface area contributed by atoms with Gasteiger partial charge in [-0.2, -0.15) is 0 Å². The Labute approximate surface area is 217 Å². The number of Topliss-reactive ketones (excluding diaryl/α,β-unsaturated/α-hetero) is 1. The molecule has 0 saturated carbocycles. The topological polar surface area (TPSA) is 94.5 Å². The van der Waals surface area contributed by atoms with Crippen LogP contribution < -0.4 is 14.2 Å². The third kappa shape index (κ3) is 5.44. The minimum Gasteiger partial charge on any atom is -0.507 e. The molecule has 2 aliphatic heterocycles. The quantitative estimate of drug-likeness (QED) is 0.204. The molecule has 2 atom stereocenters. The number of carbonyl (C=O) groups is 2. The highest BCUT2D eigenvalue weighted by atomic mass is 16.5. The van der Waals surface area contributed by atoms with Gasteiger partial charge in [-0.15, -0.1) is 0 Å². The van der Waals surface area contributed by atoms with Crippen molar-refractivity contribution in [1.82, 2.24) is 4.90 Å². The van der Waals surface area contributed by atoms with Gasteiger partial charge in [0.25, 0.3) is 11.7 Å². The van der Waals surface area contributed by atoms with Crippen LogP contribution in [0.1, 0.15) is 56.3 Å². The maximum Gasteiger partial charge on any atom is 0.295 e. The van der Waals surface area contributed by atoms with Gasteiger partial charge in [-0.3, -0.25) is 9.59 Å². The number of ether oxygens (including phenoxy) is 4. The third-order valence-corrected chi connectivity index (χ3v) is 6.50. The molecule has 1 N–H and O–H groups in total. The van der Waals surface area contributed by atoms with Crippen molar-refractivity contribution in [2.75, 3.05) is 33.5 Å². The molecular formula is C29H35NO7. The molecule has 198 valence electrons. The fourth-order valence-electron chi connectivity index (χ4n) is 4.86. The summed E-state index contributed by atoms with van der Waals surface area (Å²) in [4.78, 5) is 28.0. The molecule has 8 nitrogen and oxygen atoms in total. The monoisotopic (exact) mass is 509 g/mol. The van der Waals surface area contributed by atoms with Crippen LogP contribution in [0.5, 0.6) is 17.2 Å². The van der Waals surface area contributed by atoms with Gasteiger partial charge in [0.05, 0.1) is 24.8 Å². The van der Waals surface area contributed by atoms with Crippen LogP contribution >= 0.6 is 0 Å². The van der Waals surface area contributed by atoms with E-state index < -0.39 is 17.7 Å². The average Bonchev–Trinajstić information content (AvgIpc) is 3.38. The van der Waals surface area contributed by atoms with Crippen molar-refractivity contribution >= 4 is 17.4 Å². The van der Waals surface area contributed by atoms with Gasteiger partial charge < -0.3 is 29.0 Å². The van der Waals surface area contributed by atoms with Crippen LogP contribution in [0, 0.1) is 0 Å². The average molecular weight is 510 g/mol. The molecular weight excluding hydrogens is 474 g/mol. The van der Waals surface area contributed by atoms with Gasteiger partial charge in [0, 0.05) is 32.2 Å². The second kappa shape index (κ2) is 11.7. The maximum absolute atomic E-state index is 13.3. The number of nitrogens with zero attached hydrogens (tertiary/aromatic N) is 1. The summed E-state index contributed by atoms with van der Waals surface area (Å²) in [5, 5.41) is 11.4. The van der Waals surface area contributed by atoms with Crippen LogP contribution in [0.2, 0.25) is 0 Å². The summed E-state index contributed by atoms with van der Waals surface area (Å²) in [5.74, 6) is 0.323. The summed E-state index contributed by atoms with van der Waals surface area (Å²) in [6.45, 7) is 7.58. The van der Waals surface area contributed by atoms with E-state index in [1.807, 2.05) is 32.9 Å². The molecule has 0 bridgehead atoms. The van der Waals surface area contributed by atoms with E-state index in [4.69, 9.17) is 18.9 Å². The Morgan fingerprint density at radius 1 is 1.08 bits per heavy atom. The van der Waals surface area contributed by atoms with E-state index >= 15 is 0 Å². The van der Waals surface area contributed by atoms with E-state index in [1.54, 1.807) is 31.4 Å². The first-order chi connectivity index (χ1) is 17.9. The van der Waals surface area contributed by atoms with E-state index in [0.717, 1.165) is 17.7 Å². The molecule has 0 aromatic heterocycles. The predicted molar refractivity (Wildman–Crippen MR) is 139 cm³/mol. The van der Waals surface area contributed by atoms with E-state index in [-0.39, 0.29) is 17.4 Å². The van der Waals surface area contributed by atoms with Crippen LogP contribution in [0.15, 0.2) is 42.0 Å². The van der Waals surface area contributed by atoms with Gasteiger partial charge in [-0.05, 0) is 68.1 Å². The number of aliphatic hydroxyl groups is 1. The van der Waals surface area contributed by atoms with Crippen LogP contribution in [-0.2, 0) is 20.7 Å². The lowest BCUT2D eigenvalue weighted by atomic mass is 9.94. The largest absolute Gasteiger partial charge is 0.507 e. The summed E-state index contributed by atoms with van der Waals surface area (Å²) in [6, 6.07) is 9.97. The Bertz CT molecular complexity index is 1190. The summed E-state index contributed by atoms with van der Waals surface area (Å²) in [7, 11) is 1.59. The first kappa shape index (κ1) is 26.5. The molecule has 2 aromatic carbocycles. The van der Waals surface area contributed by atoms with E-state index in [2.05, 4.69) is 0 Å². The van der Waals surface area contributed by atoms with E-state index in [1.165, 1.54) is 4.90 Å². The number of carbonyl (C=O) groups excluding carboxylic acids is 2. The Morgan fingerprint density at radius 3 is 2.62 bits per heavy atom. The number of rotatable bonds is 11. The predicted octanol–water partition coefficient (Wildman–Crippen LogP) is 4.66. The fourth-order valence-corrected chi connectivity index (χ4v) is 4.86. The molecule has 8 heteroatoms. The van der Waals surface area contributed by atoms with Crippen molar-refractivity contribution in [3.8, 4) is 17.2 Å². The van der Waals surface area contributed by atoms with Gasteiger partial charge in [0.1, 0.15) is 17.6 Å². The highest BCUT2D eigenvalue weighted by Crippen LogP contribution is 2.43. The zero-order valence-corrected chi connectivity index (χ0v) is 21.9. The number of fused-ring (bicyclic) bond motifs is 1. The normalized spacial score (nSPS) is 20.2. The SMILES string of the molecule is CCCOc1ccc(C2/C(=C(/O)c3ccc4c(c3)CC(C)O4)C(=O)C(=O)N2CCCOC)cc1OCC. The summed E-state index contributed by atoms with van der Waals surface area (Å²) in [5.41, 5.74) is 2.14. The second-order valence-corrected chi connectivity index (χ2v) is 9.28. The molecule has 2 unspecified atom stereocenters. The van der Waals surface area contributed by atoms with Crippen LogP contribution in [-0.4, -0.2) is 61.3 Å². The van der Waals surface area contributed by atoms with Crippen molar-refractivity contribution in [3.63, 3.8) is 0 Å². The first-order valence-corrected chi connectivity index (χ1v) is 12.9. The Balaban J connectivity index is 1.81. The zero-order valence-electron chi connectivity index (χ0n) is 21.9. The lowest BCUT2D eigenvalue weighted by molar-refractivity contribution is -0.140. The molecule has 2 heterocycles. The van der Waals surface area contributed by atoms with E-state index in [9.17, 15) is 14.7 Å².